The molecule has 0 aromatic heterocycles. The molecule has 0 saturated carbocycles. The lowest BCUT2D eigenvalue weighted by Crippen LogP contribution is -2.14. The molecule has 0 radical (unpaired) electrons. The quantitative estimate of drug-likeness (QED) is 0.731. The van der Waals surface area contributed by atoms with Gasteiger partial charge in [-0.05, 0) is 36.2 Å². The Labute approximate surface area is 123 Å². The minimum atomic E-state index is -0.459. The summed E-state index contributed by atoms with van der Waals surface area (Å²) in [5.41, 5.74) is 13.5. The molecule has 21 heavy (non-hydrogen) atoms. The largest absolute Gasteiger partial charge is 0.397 e. The van der Waals surface area contributed by atoms with Crippen molar-refractivity contribution in [2.75, 3.05) is 11.1 Å². The number of rotatable bonds is 5. The number of nitrogens with two attached hydrogens (primary N) is 2. The summed E-state index contributed by atoms with van der Waals surface area (Å²) in [6, 6.07) is 14.0. The molecular weight excluding hydrogens is 266 g/mol. The summed E-state index contributed by atoms with van der Waals surface area (Å²) in [7, 11) is 0. The van der Waals surface area contributed by atoms with Crippen LogP contribution in [0.4, 0.5) is 11.4 Å². The fraction of sp³-hybridized carbons (Fsp3) is 0.125. The second-order valence-corrected chi connectivity index (χ2v) is 4.70. The van der Waals surface area contributed by atoms with Crippen molar-refractivity contribution >= 4 is 23.2 Å². The zero-order valence-electron chi connectivity index (χ0n) is 11.5. The maximum Gasteiger partial charge on any atom is 0.248 e. The summed E-state index contributed by atoms with van der Waals surface area (Å²) in [6.07, 6.45) is 0.919. The number of carbonyl (C=O) groups excluding carboxylic acids is 2. The van der Waals surface area contributed by atoms with E-state index in [0.29, 0.717) is 29.8 Å². The first-order valence-electron chi connectivity index (χ1n) is 6.59. The maximum atomic E-state index is 11.9. The monoisotopic (exact) mass is 283 g/mol. The number of hydrogen-bond acceptors (Lipinski definition) is 3. The topological polar surface area (TPSA) is 98.2 Å². The smallest absolute Gasteiger partial charge is 0.248 e. The zero-order valence-corrected chi connectivity index (χ0v) is 11.5. The molecule has 2 aromatic rings. The van der Waals surface area contributed by atoms with Gasteiger partial charge < -0.3 is 16.8 Å². The molecule has 2 amide bonds. The molecule has 5 nitrogen and oxygen atoms in total. The molecule has 108 valence electrons. The number of benzene rings is 2. The van der Waals surface area contributed by atoms with Crippen molar-refractivity contribution in [2.24, 2.45) is 5.73 Å². The van der Waals surface area contributed by atoms with E-state index in [0.717, 1.165) is 5.56 Å². The molecule has 0 bridgehead atoms. The van der Waals surface area contributed by atoms with E-state index in [9.17, 15) is 9.59 Å². The van der Waals surface area contributed by atoms with Crippen LogP contribution in [0.15, 0.2) is 48.5 Å². The third-order valence-corrected chi connectivity index (χ3v) is 3.11. The van der Waals surface area contributed by atoms with Gasteiger partial charge in [0, 0.05) is 12.0 Å². The summed E-state index contributed by atoms with van der Waals surface area (Å²) in [5, 5.41) is 2.77. The van der Waals surface area contributed by atoms with Gasteiger partial charge >= 0.3 is 0 Å². The van der Waals surface area contributed by atoms with Crippen LogP contribution in [0, 0.1) is 0 Å². The van der Waals surface area contributed by atoms with Crippen LogP contribution in [0.5, 0.6) is 0 Å². The Bertz CT molecular complexity index is 651. The molecule has 0 heterocycles. The van der Waals surface area contributed by atoms with Gasteiger partial charge in [0.1, 0.15) is 0 Å². The Morgan fingerprint density at radius 1 is 1.00 bits per heavy atom. The molecular formula is C16H17N3O2. The van der Waals surface area contributed by atoms with Crippen molar-refractivity contribution in [1.29, 1.82) is 0 Å². The van der Waals surface area contributed by atoms with Crippen molar-refractivity contribution in [3.8, 4) is 0 Å². The lowest BCUT2D eigenvalue weighted by molar-refractivity contribution is -0.116. The fourth-order valence-corrected chi connectivity index (χ4v) is 1.92. The molecule has 0 spiro atoms. The van der Waals surface area contributed by atoms with Gasteiger partial charge in [0.25, 0.3) is 0 Å². The molecule has 2 rings (SSSR count). The summed E-state index contributed by atoms with van der Waals surface area (Å²) in [5.74, 6) is -0.564. The SMILES string of the molecule is NC(=O)c1ccc(CCC(=O)Nc2ccccc2N)cc1. The predicted octanol–water partition coefficient (Wildman–Crippen LogP) is 1.94. The number of aryl methyl sites for hydroxylation is 1. The van der Waals surface area contributed by atoms with Crippen LogP contribution in [0.3, 0.4) is 0 Å². The van der Waals surface area contributed by atoms with E-state index in [1.54, 1.807) is 36.4 Å². The minimum absolute atomic E-state index is 0.105. The molecule has 0 saturated heterocycles. The number of amides is 2. The molecule has 0 unspecified atom stereocenters. The predicted molar refractivity (Wildman–Crippen MR) is 82.8 cm³/mol. The summed E-state index contributed by atoms with van der Waals surface area (Å²) >= 11 is 0. The summed E-state index contributed by atoms with van der Waals surface area (Å²) < 4.78 is 0. The number of nitrogen functional groups attached to an aromatic ring is 1. The highest BCUT2D eigenvalue weighted by Crippen LogP contribution is 2.17. The molecule has 2 aromatic carbocycles. The van der Waals surface area contributed by atoms with Crippen molar-refractivity contribution in [2.45, 2.75) is 12.8 Å². The average molecular weight is 283 g/mol. The third-order valence-electron chi connectivity index (χ3n) is 3.11. The molecule has 0 aliphatic heterocycles. The number of anilines is 2. The second-order valence-electron chi connectivity index (χ2n) is 4.70. The first-order chi connectivity index (χ1) is 10.1. The van der Waals surface area contributed by atoms with Crippen LogP contribution in [-0.4, -0.2) is 11.8 Å². The maximum absolute atomic E-state index is 11.9. The number of para-hydroxylation sites is 2. The van der Waals surface area contributed by atoms with E-state index in [2.05, 4.69) is 5.32 Å². The Kier molecular flexibility index (Phi) is 4.56. The van der Waals surface area contributed by atoms with E-state index in [-0.39, 0.29) is 5.91 Å². The van der Waals surface area contributed by atoms with Gasteiger partial charge in [-0.25, -0.2) is 0 Å². The molecule has 0 aliphatic carbocycles. The van der Waals surface area contributed by atoms with Gasteiger partial charge in [0.05, 0.1) is 11.4 Å². The van der Waals surface area contributed by atoms with Crippen LogP contribution in [0.2, 0.25) is 0 Å². The van der Waals surface area contributed by atoms with E-state index in [1.807, 2.05) is 12.1 Å². The van der Waals surface area contributed by atoms with E-state index in [1.165, 1.54) is 0 Å². The fourth-order valence-electron chi connectivity index (χ4n) is 1.92. The number of carbonyl (C=O) groups is 2. The first kappa shape index (κ1) is 14.6. The molecule has 0 atom stereocenters. The Morgan fingerprint density at radius 2 is 1.67 bits per heavy atom. The molecule has 0 fully saturated rings. The number of primary amides is 1. The lowest BCUT2D eigenvalue weighted by Gasteiger charge is -2.08. The second kappa shape index (κ2) is 6.56. The van der Waals surface area contributed by atoms with E-state index >= 15 is 0 Å². The van der Waals surface area contributed by atoms with E-state index < -0.39 is 5.91 Å². The van der Waals surface area contributed by atoms with Crippen LogP contribution < -0.4 is 16.8 Å². The van der Waals surface area contributed by atoms with Gasteiger partial charge in [-0.15, -0.1) is 0 Å². The van der Waals surface area contributed by atoms with Crippen LogP contribution in [-0.2, 0) is 11.2 Å². The lowest BCUT2D eigenvalue weighted by atomic mass is 10.1. The third kappa shape index (κ3) is 4.07. The number of nitrogens with one attached hydrogen (secondary N) is 1. The standard InChI is InChI=1S/C16H17N3O2/c17-13-3-1-2-4-14(13)19-15(20)10-7-11-5-8-12(9-6-11)16(18)21/h1-6,8-9H,7,10,17H2,(H2,18,21)(H,19,20). The van der Waals surface area contributed by atoms with Crippen molar-refractivity contribution in [3.63, 3.8) is 0 Å². The van der Waals surface area contributed by atoms with Gasteiger partial charge in [0.15, 0.2) is 0 Å². The van der Waals surface area contributed by atoms with Crippen molar-refractivity contribution in [1.82, 2.24) is 0 Å². The minimum Gasteiger partial charge on any atom is -0.397 e. The first-order valence-corrected chi connectivity index (χ1v) is 6.59. The van der Waals surface area contributed by atoms with Gasteiger partial charge in [-0.1, -0.05) is 24.3 Å². The van der Waals surface area contributed by atoms with Crippen molar-refractivity contribution in [3.05, 3.63) is 59.7 Å². The Hall–Kier alpha value is -2.82. The Balaban J connectivity index is 1.89. The molecule has 0 aliphatic rings. The normalized spacial score (nSPS) is 10.1. The summed E-state index contributed by atoms with van der Waals surface area (Å²) in [6.45, 7) is 0. The van der Waals surface area contributed by atoms with Crippen molar-refractivity contribution < 1.29 is 9.59 Å². The zero-order chi connectivity index (χ0) is 15.2. The van der Waals surface area contributed by atoms with Crippen LogP contribution in [0.25, 0.3) is 0 Å². The highest BCUT2D eigenvalue weighted by molar-refractivity contribution is 5.94. The molecule has 5 heteroatoms. The van der Waals surface area contributed by atoms with Gasteiger partial charge in [-0.2, -0.15) is 0 Å². The van der Waals surface area contributed by atoms with Crippen LogP contribution in [0.1, 0.15) is 22.3 Å². The van der Waals surface area contributed by atoms with E-state index in [4.69, 9.17) is 11.5 Å². The summed E-state index contributed by atoms with van der Waals surface area (Å²) in [4.78, 5) is 22.8. The highest BCUT2D eigenvalue weighted by Gasteiger charge is 2.06. The van der Waals surface area contributed by atoms with Gasteiger partial charge in [0.2, 0.25) is 11.8 Å². The molecule has 5 N–H and O–H groups in total. The Morgan fingerprint density at radius 3 is 2.29 bits per heavy atom. The van der Waals surface area contributed by atoms with Gasteiger partial charge in [-0.3, -0.25) is 9.59 Å². The average Bonchev–Trinajstić information content (AvgIpc) is 2.48. The number of hydrogen-bond donors (Lipinski definition) is 3. The van der Waals surface area contributed by atoms with Crippen LogP contribution >= 0.6 is 0 Å². The highest BCUT2D eigenvalue weighted by atomic mass is 16.1.